The first kappa shape index (κ1) is 14.9. The fraction of sp³-hybridized carbons (Fsp3) is 0.389. The number of benzene rings is 1. The number of hydrogen-bond acceptors (Lipinski definition) is 5. The lowest BCUT2D eigenvalue weighted by Gasteiger charge is -2.23. The number of para-hydroxylation sites is 1. The number of nitrogens with zero attached hydrogens (tertiary/aromatic N) is 4. The predicted octanol–water partition coefficient (Wildman–Crippen LogP) is 3.85. The van der Waals surface area contributed by atoms with Crippen molar-refractivity contribution in [1.29, 1.82) is 0 Å². The highest BCUT2D eigenvalue weighted by Crippen LogP contribution is 2.26. The van der Waals surface area contributed by atoms with Gasteiger partial charge >= 0.3 is 0 Å². The minimum atomic E-state index is 0.475. The third-order valence-electron chi connectivity index (χ3n) is 4.54. The maximum atomic E-state index is 4.69. The molecule has 0 radical (unpaired) electrons. The van der Waals surface area contributed by atoms with Crippen molar-refractivity contribution in [3.05, 3.63) is 36.7 Å². The Morgan fingerprint density at radius 2 is 1.83 bits per heavy atom. The molecule has 0 bridgehead atoms. The number of rotatable bonds is 4. The Labute approximate surface area is 141 Å². The van der Waals surface area contributed by atoms with Crippen LogP contribution in [-0.4, -0.2) is 25.6 Å². The molecule has 0 unspecified atom stereocenters. The second kappa shape index (κ2) is 6.47. The normalized spacial score (nSPS) is 15.5. The highest BCUT2D eigenvalue weighted by atomic mass is 15.2. The van der Waals surface area contributed by atoms with Crippen molar-refractivity contribution >= 4 is 28.6 Å². The topological polar surface area (TPSA) is 67.7 Å². The van der Waals surface area contributed by atoms with E-state index in [2.05, 4.69) is 20.6 Å². The molecule has 2 N–H and O–H groups in total. The number of aromatic nitrogens is 4. The summed E-state index contributed by atoms with van der Waals surface area (Å²) in [5.41, 5.74) is 2.64. The van der Waals surface area contributed by atoms with Gasteiger partial charge in [-0.05, 0) is 25.0 Å². The van der Waals surface area contributed by atoms with Gasteiger partial charge in [-0.15, -0.1) is 0 Å². The van der Waals surface area contributed by atoms with Gasteiger partial charge in [0.05, 0.1) is 6.33 Å². The largest absolute Gasteiger partial charge is 0.365 e. The molecule has 2 aromatic heterocycles. The molecular formula is C18H22N6. The van der Waals surface area contributed by atoms with Crippen LogP contribution in [0, 0.1) is 0 Å². The second-order valence-electron chi connectivity index (χ2n) is 6.39. The van der Waals surface area contributed by atoms with Crippen molar-refractivity contribution in [3.8, 4) is 0 Å². The molecule has 1 aromatic carbocycles. The lowest BCUT2D eigenvalue weighted by molar-refractivity contribution is 0.462. The summed E-state index contributed by atoms with van der Waals surface area (Å²) in [6.07, 6.45) is 8.07. The van der Waals surface area contributed by atoms with Crippen LogP contribution in [0.4, 0.5) is 17.5 Å². The molecule has 1 aliphatic carbocycles. The first-order valence-electron chi connectivity index (χ1n) is 8.57. The molecule has 6 heteroatoms. The SMILES string of the molecule is Cn1cnc2c(NC3CCCCC3)nc(Nc3ccccc3)nc21. The van der Waals surface area contributed by atoms with Crippen molar-refractivity contribution < 1.29 is 0 Å². The summed E-state index contributed by atoms with van der Waals surface area (Å²) in [5, 5.41) is 6.88. The molecule has 124 valence electrons. The second-order valence-corrected chi connectivity index (χ2v) is 6.39. The van der Waals surface area contributed by atoms with Crippen LogP contribution in [0.3, 0.4) is 0 Å². The lowest BCUT2D eigenvalue weighted by Crippen LogP contribution is -2.23. The third kappa shape index (κ3) is 3.04. The van der Waals surface area contributed by atoms with Crippen LogP contribution in [0.25, 0.3) is 11.2 Å². The zero-order valence-electron chi connectivity index (χ0n) is 13.9. The van der Waals surface area contributed by atoms with Crippen LogP contribution in [0.1, 0.15) is 32.1 Å². The summed E-state index contributed by atoms with van der Waals surface area (Å²) in [7, 11) is 1.96. The van der Waals surface area contributed by atoms with Gasteiger partial charge in [0.1, 0.15) is 0 Å². The highest BCUT2D eigenvalue weighted by molar-refractivity contribution is 5.84. The molecule has 0 amide bonds. The van der Waals surface area contributed by atoms with Crippen LogP contribution >= 0.6 is 0 Å². The summed E-state index contributed by atoms with van der Waals surface area (Å²) in [4.78, 5) is 13.8. The Morgan fingerprint density at radius 3 is 2.62 bits per heavy atom. The molecule has 0 aliphatic heterocycles. The zero-order valence-corrected chi connectivity index (χ0v) is 13.9. The summed E-state index contributed by atoms with van der Waals surface area (Å²) in [5.74, 6) is 1.42. The van der Waals surface area contributed by atoms with Crippen LogP contribution in [-0.2, 0) is 7.05 Å². The fourth-order valence-corrected chi connectivity index (χ4v) is 3.25. The minimum Gasteiger partial charge on any atom is -0.365 e. The summed E-state index contributed by atoms with van der Waals surface area (Å²) in [6, 6.07) is 10.5. The van der Waals surface area contributed by atoms with E-state index in [0.717, 1.165) is 22.7 Å². The minimum absolute atomic E-state index is 0.475. The van der Waals surface area contributed by atoms with Gasteiger partial charge in [-0.2, -0.15) is 9.97 Å². The number of anilines is 3. The average Bonchev–Trinajstić information content (AvgIpc) is 2.98. The third-order valence-corrected chi connectivity index (χ3v) is 4.54. The maximum Gasteiger partial charge on any atom is 0.231 e. The zero-order chi connectivity index (χ0) is 16.4. The Bertz CT molecular complexity index is 820. The van der Waals surface area contributed by atoms with E-state index in [1.54, 1.807) is 6.33 Å². The molecule has 3 aromatic rings. The molecule has 1 saturated carbocycles. The first-order valence-corrected chi connectivity index (χ1v) is 8.57. The van der Waals surface area contributed by atoms with E-state index < -0.39 is 0 Å². The summed E-state index contributed by atoms with van der Waals surface area (Å²) >= 11 is 0. The van der Waals surface area contributed by atoms with E-state index in [1.165, 1.54) is 32.1 Å². The molecule has 1 aliphatic rings. The lowest BCUT2D eigenvalue weighted by atomic mass is 9.95. The van der Waals surface area contributed by atoms with E-state index in [1.807, 2.05) is 41.9 Å². The Hall–Kier alpha value is -2.63. The van der Waals surface area contributed by atoms with Gasteiger partial charge in [0, 0.05) is 18.8 Å². The van der Waals surface area contributed by atoms with Crippen LogP contribution in [0.5, 0.6) is 0 Å². The van der Waals surface area contributed by atoms with Crippen LogP contribution in [0.2, 0.25) is 0 Å². The van der Waals surface area contributed by atoms with Gasteiger partial charge in [0.25, 0.3) is 0 Å². The van der Waals surface area contributed by atoms with Crippen molar-refractivity contribution in [2.24, 2.45) is 7.05 Å². The number of hydrogen-bond donors (Lipinski definition) is 2. The monoisotopic (exact) mass is 322 g/mol. The summed E-state index contributed by atoms with van der Waals surface area (Å²) < 4.78 is 1.93. The number of fused-ring (bicyclic) bond motifs is 1. The smallest absolute Gasteiger partial charge is 0.231 e. The highest BCUT2D eigenvalue weighted by Gasteiger charge is 2.18. The van der Waals surface area contributed by atoms with E-state index in [4.69, 9.17) is 4.98 Å². The van der Waals surface area contributed by atoms with Crippen molar-refractivity contribution in [3.63, 3.8) is 0 Å². The van der Waals surface area contributed by atoms with Crippen molar-refractivity contribution in [2.75, 3.05) is 10.6 Å². The van der Waals surface area contributed by atoms with E-state index in [0.29, 0.717) is 12.0 Å². The van der Waals surface area contributed by atoms with Gasteiger partial charge in [-0.25, -0.2) is 4.98 Å². The van der Waals surface area contributed by atoms with Gasteiger partial charge < -0.3 is 15.2 Å². The van der Waals surface area contributed by atoms with Gasteiger partial charge in [0.2, 0.25) is 5.95 Å². The van der Waals surface area contributed by atoms with Gasteiger partial charge in [-0.1, -0.05) is 37.5 Å². The predicted molar refractivity (Wildman–Crippen MR) is 96.5 cm³/mol. The fourth-order valence-electron chi connectivity index (χ4n) is 3.25. The average molecular weight is 322 g/mol. The Balaban J connectivity index is 1.68. The Morgan fingerprint density at radius 1 is 1.04 bits per heavy atom. The number of nitrogens with one attached hydrogen (secondary N) is 2. The Kier molecular flexibility index (Phi) is 4.02. The quantitative estimate of drug-likeness (QED) is 0.763. The standard InChI is InChI=1S/C18H22N6/c1-24-12-19-15-16(20-13-8-4-2-5-9-13)22-18(23-17(15)24)21-14-10-6-3-7-11-14/h3,6-7,10-13H,2,4-5,8-9H2,1H3,(H2,20,21,22,23). The maximum absolute atomic E-state index is 4.69. The van der Waals surface area contributed by atoms with Crippen LogP contribution in [0.15, 0.2) is 36.7 Å². The number of aryl methyl sites for hydroxylation is 1. The molecule has 6 nitrogen and oxygen atoms in total. The van der Waals surface area contributed by atoms with E-state index in [9.17, 15) is 0 Å². The van der Waals surface area contributed by atoms with Gasteiger partial charge in [-0.3, -0.25) is 0 Å². The molecule has 4 rings (SSSR count). The van der Waals surface area contributed by atoms with E-state index in [-0.39, 0.29) is 0 Å². The molecule has 24 heavy (non-hydrogen) atoms. The molecule has 0 atom stereocenters. The number of imidazole rings is 1. The summed E-state index contributed by atoms with van der Waals surface area (Å²) in [6.45, 7) is 0. The first-order chi connectivity index (χ1) is 11.8. The van der Waals surface area contributed by atoms with Crippen molar-refractivity contribution in [2.45, 2.75) is 38.1 Å². The molecule has 0 saturated heterocycles. The van der Waals surface area contributed by atoms with E-state index >= 15 is 0 Å². The molecule has 0 spiro atoms. The molecular weight excluding hydrogens is 300 g/mol. The van der Waals surface area contributed by atoms with Crippen LogP contribution < -0.4 is 10.6 Å². The molecule has 2 heterocycles. The van der Waals surface area contributed by atoms with Crippen molar-refractivity contribution in [1.82, 2.24) is 19.5 Å². The van der Waals surface area contributed by atoms with Gasteiger partial charge in [0.15, 0.2) is 17.0 Å². The molecule has 1 fully saturated rings.